The van der Waals surface area contributed by atoms with Crippen LogP contribution in [0.25, 0.3) is 21.1 Å². The Hall–Kier alpha value is -3.00. The first-order valence-electron chi connectivity index (χ1n) is 11.4. The maximum absolute atomic E-state index is 12.7. The summed E-state index contributed by atoms with van der Waals surface area (Å²) < 4.78 is 1.99. The maximum atomic E-state index is 12.7. The second-order valence-electron chi connectivity index (χ2n) is 8.26. The highest BCUT2D eigenvalue weighted by atomic mass is 32.1. The van der Waals surface area contributed by atoms with E-state index in [9.17, 15) is 4.79 Å². The van der Waals surface area contributed by atoms with Crippen molar-refractivity contribution in [3.8, 4) is 0 Å². The minimum absolute atomic E-state index is 0.256. The van der Waals surface area contributed by atoms with E-state index in [0.29, 0.717) is 6.42 Å². The van der Waals surface area contributed by atoms with Crippen LogP contribution in [0.5, 0.6) is 0 Å². The molecule has 0 N–H and O–H groups in total. The predicted octanol–water partition coefficient (Wildman–Crippen LogP) is 4.12. The van der Waals surface area contributed by atoms with E-state index in [0.717, 1.165) is 78.9 Å². The number of aryl methyl sites for hydroxylation is 2. The van der Waals surface area contributed by atoms with E-state index in [4.69, 9.17) is 0 Å². The van der Waals surface area contributed by atoms with E-state index in [1.807, 2.05) is 27.8 Å². The summed E-state index contributed by atoms with van der Waals surface area (Å²) in [7, 11) is 0. The van der Waals surface area contributed by atoms with Crippen molar-refractivity contribution >= 4 is 44.2 Å². The summed E-state index contributed by atoms with van der Waals surface area (Å²) in [5, 5.41) is 6.89. The molecule has 5 rings (SSSR count). The fraction of sp³-hybridized carbons (Fsp3) is 0.417. The number of hydrogen-bond acceptors (Lipinski definition) is 6. The van der Waals surface area contributed by atoms with Crippen LogP contribution in [0.3, 0.4) is 0 Å². The molecule has 0 unspecified atom stereocenters. The first-order chi connectivity index (χ1) is 15.7. The number of anilines is 1. The number of thiophene rings is 1. The average Bonchev–Trinajstić information content (AvgIpc) is 3.45. The number of carbonyl (C=O) groups is 1. The Morgan fingerprint density at radius 2 is 1.94 bits per heavy atom. The van der Waals surface area contributed by atoms with Crippen molar-refractivity contribution in [3.63, 3.8) is 0 Å². The van der Waals surface area contributed by atoms with Gasteiger partial charge in [0.1, 0.15) is 17.0 Å². The van der Waals surface area contributed by atoms with Gasteiger partial charge in [0.05, 0.1) is 10.9 Å². The molecule has 166 valence electrons. The Morgan fingerprint density at radius 1 is 1.09 bits per heavy atom. The fourth-order valence-electron chi connectivity index (χ4n) is 4.33. The van der Waals surface area contributed by atoms with Crippen molar-refractivity contribution in [2.75, 3.05) is 31.1 Å². The molecule has 4 aromatic rings. The van der Waals surface area contributed by atoms with Gasteiger partial charge in [0.2, 0.25) is 5.91 Å². The molecular formula is C24H28N6OS. The lowest BCUT2D eigenvalue weighted by Crippen LogP contribution is -2.49. The van der Waals surface area contributed by atoms with E-state index in [-0.39, 0.29) is 5.91 Å². The van der Waals surface area contributed by atoms with Crippen LogP contribution >= 0.6 is 11.3 Å². The van der Waals surface area contributed by atoms with E-state index in [1.54, 1.807) is 17.7 Å². The average molecular weight is 449 g/mol. The summed E-state index contributed by atoms with van der Waals surface area (Å²) >= 11 is 1.74. The molecule has 8 heteroatoms. The van der Waals surface area contributed by atoms with Gasteiger partial charge in [0.15, 0.2) is 0 Å². The number of aromatic nitrogens is 4. The number of carbonyl (C=O) groups excluding carboxylic acids is 1. The second-order valence-corrected chi connectivity index (χ2v) is 9.37. The second kappa shape index (κ2) is 9.24. The summed E-state index contributed by atoms with van der Waals surface area (Å²) in [6.45, 7) is 6.14. The monoisotopic (exact) mass is 448 g/mol. The number of amides is 1. The van der Waals surface area contributed by atoms with Gasteiger partial charge in [0.25, 0.3) is 0 Å². The normalized spacial score (nSPS) is 14.5. The van der Waals surface area contributed by atoms with Crippen molar-refractivity contribution in [1.82, 2.24) is 24.6 Å². The predicted molar refractivity (Wildman–Crippen MR) is 129 cm³/mol. The first kappa shape index (κ1) is 20.9. The van der Waals surface area contributed by atoms with E-state index < -0.39 is 0 Å². The van der Waals surface area contributed by atoms with E-state index in [1.165, 1.54) is 4.88 Å². The molecule has 0 spiro atoms. The van der Waals surface area contributed by atoms with Gasteiger partial charge in [0, 0.05) is 55.6 Å². The Morgan fingerprint density at radius 3 is 2.75 bits per heavy atom. The lowest BCUT2D eigenvalue weighted by atomic mass is 10.2. The Labute approximate surface area is 191 Å². The SMILES string of the molecule is CCc1cc2c(N3CCN(C(=O)CCCCn4cc5ccccc5n4)CC3)ncnc2s1. The molecule has 0 bridgehead atoms. The molecule has 0 aliphatic carbocycles. The van der Waals surface area contributed by atoms with Gasteiger partial charge >= 0.3 is 0 Å². The summed E-state index contributed by atoms with van der Waals surface area (Å²) in [6.07, 6.45) is 7.20. The molecule has 7 nitrogen and oxygen atoms in total. The highest BCUT2D eigenvalue weighted by Crippen LogP contribution is 2.31. The standard InChI is InChI=1S/C24H28N6OS/c1-2-19-15-20-23(25-17-26-24(20)32-19)29-13-11-28(12-14-29)22(31)9-5-6-10-30-16-18-7-3-4-8-21(18)27-30/h3-4,7-8,15-17H,2,5-6,9-14H2,1H3. The van der Waals surface area contributed by atoms with Gasteiger partial charge < -0.3 is 9.80 Å². The minimum Gasteiger partial charge on any atom is -0.352 e. The van der Waals surface area contributed by atoms with Crippen LogP contribution in [-0.2, 0) is 17.8 Å². The zero-order valence-electron chi connectivity index (χ0n) is 18.4. The number of rotatable bonds is 7. The smallest absolute Gasteiger partial charge is 0.222 e. The van der Waals surface area contributed by atoms with Crippen molar-refractivity contribution in [2.45, 2.75) is 39.2 Å². The van der Waals surface area contributed by atoms with Gasteiger partial charge in [-0.1, -0.05) is 25.1 Å². The molecule has 1 aliphatic heterocycles. The zero-order chi connectivity index (χ0) is 21.9. The number of nitrogens with zero attached hydrogens (tertiary/aromatic N) is 6. The molecule has 1 fully saturated rings. The van der Waals surface area contributed by atoms with Crippen LogP contribution in [0.4, 0.5) is 5.82 Å². The Balaban J connectivity index is 1.10. The van der Waals surface area contributed by atoms with Crippen molar-refractivity contribution in [3.05, 3.63) is 47.7 Å². The van der Waals surface area contributed by atoms with Crippen LogP contribution in [0.2, 0.25) is 0 Å². The Kier molecular flexibility index (Phi) is 6.03. The largest absolute Gasteiger partial charge is 0.352 e. The molecule has 0 saturated carbocycles. The third-order valence-corrected chi connectivity index (χ3v) is 7.32. The third-order valence-electron chi connectivity index (χ3n) is 6.13. The molecule has 4 heterocycles. The first-order valence-corrected chi connectivity index (χ1v) is 12.2. The summed E-state index contributed by atoms with van der Waals surface area (Å²) in [5.74, 6) is 1.26. The molecule has 1 amide bonds. The highest BCUT2D eigenvalue weighted by Gasteiger charge is 2.23. The van der Waals surface area contributed by atoms with Gasteiger partial charge in [-0.15, -0.1) is 11.3 Å². The van der Waals surface area contributed by atoms with Gasteiger partial charge in [-0.2, -0.15) is 5.10 Å². The van der Waals surface area contributed by atoms with Gasteiger partial charge in [-0.25, -0.2) is 9.97 Å². The lowest BCUT2D eigenvalue weighted by Gasteiger charge is -2.35. The zero-order valence-corrected chi connectivity index (χ0v) is 19.2. The topological polar surface area (TPSA) is 67.2 Å². The lowest BCUT2D eigenvalue weighted by molar-refractivity contribution is -0.131. The fourth-order valence-corrected chi connectivity index (χ4v) is 5.25. The third kappa shape index (κ3) is 4.32. The molecule has 1 aromatic carbocycles. The number of hydrogen-bond donors (Lipinski definition) is 0. The van der Waals surface area contributed by atoms with E-state index in [2.05, 4.69) is 45.2 Å². The molecule has 3 aromatic heterocycles. The van der Waals surface area contributed by atoms with Crippen molar-refractivity contribution in [1.29, 1.82) is 0 Å². The van der Waals surface area contributed by atoms with Crippen LogP contribution in [0, 0.1) is 0 Å². The van der Waals surface area contributed by atoms with Crippen molar-refractivity contribution in [2.24, 2.45) is 0 Å². The molecule has 1 saturated heterocycles. The molecule has 0 radical (unpaired) electrons. The molecular weight excluding hydrogens is 420 g/mol. The molecule has 0 atom stereocenters. The maximum Gasteiger partial charge on any atom is 0.222 e. The van der Waals surface area contributed by atoms with Crippen LogP contribution in [0.15, 0.2) is 42.9 Å². The number of benzene rings is 1. The number of piperazine rings is 1. The van der Waals surface area contributed by atoms with Crippen LogP contribution in [0.1, 0.15) is 31.1 Å². The summed E-state index contributed by atoms with van der Waals surface area (Å²) in [4.78, 5) is 28.4. The Bertz CT molecular complexity index is 1190. The number of unbranched alkanes of at least 4 members (excludes halogenated alkanes) is 1. The minimum atomic E-state index is 0.256. The quantitative estimate of drug-likeness (QED) is 0.398. The van der Waals surface area contributed by atoms with Gasteiger partial charge in [-0.05, 0) is 31.4 Å². The van der Waals surface area contributed by atoms with E-state index >= 15 is 0 Å². The summed E-state index contributed by atoms with van der Waals surface area (Å²) in [6, 6.07) is 10.4. The van der Waals surface area contributed by atoms with Crippen LogP contribution < -0.4 is 4.90 Å². The van der Waals surface area contributed by atoms with Gasteiger partial charge in [-0.3, -0.25) is 9.48 Å². The molecule has 32 heavy (non-hydrogen) atoms. The highest BCUT2D eigenvalue weighted by molar-refractivity contribution is 7.18. The van der Waals surface area contributed by atoms with Crippen molar-refractivity contribution < 1.29 is 4.79 Å². The number of fused-ring (bicyclic) bond motifs is 2. The van der Waals surface area contributed by atoms with Crippen LogP contribution in [-0.4, -0.2) is 56.7 Å². The summed E-state index contributed by atoms with van der Waals surface area (Å²) in [5.41, 5.74) is 1.02. The molecule has 1 aliphatic rings.